The Labute approximate surface area is 292 Å². The fourth-order valence-corrected chi connectivity index (χ4v) is 4.61. The number of tetrazole rings is 1. The first-order valence-corrected chi connectivity index (χ1v) is 16.0. The van der Waals surface area contributed by atoms with Crippen molar-refractivity contribution in [3.8, 4) is 5.75 Å². The van der Waals surface area contributed by atoms with Crippen molar-refractivity contribution in [2.24, 2.45) is 0 Å². The maximum atomic E-state index is 13.6. The SMILES string of the molecule is O=C(CCOCCOCCOCCOCCn1cc(CCO[C@H]2O[C@H](CCc3nnn[nH]3)[C@@H](O)[C@H](O)[C@@H]2O)nn1)Oc1c(F)c(F)c(F)c(F)c1F. The van der Waals surface area contributed by atoms with Gasteiger partial charge in [0, 0.05) is 19.0 Å². The first kappa shape index (κ1) is 41.0. The van der Waals surface area contributed by atoms with Gasteiger partial charge in [-0.05, 0) is 16.8 Å². The Morgan fingerprint density at radius 1 is 0.769 bits per heavy atom. The van der Waals surface area contributed by atoms with Crippen molar-refractivity contribution in [1.82, 2.24) is 35.6 Å². The van der Waals surface area contributed by atoms with E-state index in [9.17, 15) is 42.1 Å². The molecule has 1 aliphatic heterocycles. The number of aromatic amines is 1. The van der Waals surface area contributed by atoms with Gasteiger partial charge < -0.3 is 48.5 Å². The van der Waals surface area contributed by atoms with Gasteiger partial charge >= 0.3 is 5.97 Å². The van der Waals surface area contributed by atoms with Crippen molar-refractivity contribution in [3.63, 3.8) is 0 Å². The summed E-state index contributed by atoms with van der Waals surface area (Å²) in [6.07, 6.45) is -4.03. The van der Waals surface area contributed by atoms with E-state index in [4.69, 9.17) is 28.4 Å². The van der Waals surface area contributed by atoms with Crippen molar-refractivity contribution in [2.75, 3.05) is 59.5 Å². The number of aliphatic hydroxyl groups is 3. The quantitative estimate of drug-likeness (QED) is 0.0240. The summed E-state index contributed by atoms with van der Waals surface area (Å²) >= 11 is 0. The standard InChI is InChI=1S/C29H38F5N7O11/c30-20-21(31)23(33)28(24(34)22(20)32)52-19(42)4-6-46-9-11-48-13-14-49-12-10-47-8-5-41-15-16(35-40-41)3-7-50-29-27(45)26(44)25(43)17(51-29)1-2-18-36-38-39-37-18/h15,17,25-27,29,43-45H,1-14H2,(H,36,37,38,39)/t17-,25-,26+,27+,29+/m1/s1. The highest BCUT2D eigenvalue weighted by Crippen LogP contribution is 2.29. The Bertz CT molecular complexity index is 1500. The van der Waals surface area contributed by atoms with Gasteiger partial charge in [0.25, 0.3) is 0 Å². The number of aromatic nitrogens is 7. The first-order valence-electron chi connectivity index (χ1n) is 16.0. The predicted molar refractivity (Wildman–Crippen MR) is 159 cm³/mol. The summed E-state index contributed by atoms with van der Waals surface area (Å²) < 4.78 is 105. The van der Waals surface area contributed by atoms with Gasteiger partial charge in [-0.1, -0.05) is 5.21 Å². The van der Waals surface area contributed by atoms with Crippen LogP contribution >= 0.6 is 0 Å². The lowest BCUT2D eigenvalue weighted by molar-refractivity contribution is -0.297. The summed E-state index contributed by atoms with van der Waals surface area (Å²) in [6, 6.07) is 0. The minimum absolute atomic E-state index is 0.0496. The van der Waals surface area contributed by atoms with Crippen LogP contribution in [0.1, 0.15) is 24.4 Å². The molecule has 0 radical (unpaired) electrons. The summed E-state index contributed by atoms with van der Waals surface area (Å²) in [5, 5.41) is 52.2. The molecule has 0 aliphatic carbocycles. The second-order valence-corrected chi connectivity index (χ2v) is 11.1. The maximum absolute atomic E-state index is 13.6. The Hall–Kier alpha value is -3.81. The number of rotatable bonds is 23. The van der Waals surface area contributed by atoms with E-state index in [1.807, 2.05) is 0 Å². The van der Waals surface area contributed by atoms with Gasteiger partial charge in [-0.3, -0.25) is 4.79 Å². The van der Waals surface area contributed by atoms with Gasteiger partial charge in [-0.2, -0.15) is 8.78 Å². The van der Waals surface area contributed by atoms with E-state index >= 15 is 0 Å². The largest absolute Gasteiger partial charge is 0.420 e. The van der Waals surface area contributed by atoms with Gasteiger partial charge in [0.05, 0.1) is 84.2 Å². The number of carbonyl (C=O) groups is 1. The van der Waals surface area contributed by atoms with Gasteiger partial charge in [0.1, 0.15) is 24.1 Å². The second kappa shape index (κ2) is 21.0. The molecule has 1 fully saturated rings. The Kier molecular flexibility index (Phi) is 16.6. The number of ether oxygens (including phenoxy) is 7. The van der Waals surface area contributed by atoms with Gasteiger partial charge in [-0.25, -0.2) is 23.0 Å². The first-order chi connectivity index (χ1) is 25.1. The Balaban J connectivity index is 0.962. The monoisotopic (exact) mass is 755 g/mol. The van der Waals surface area contributed by atoms with Crippen LogP contribution in [0, 0.1) is 29.1 Å². The lowest BCUT2D eigenvalue weighted by Gasteiger charge is -2.40. The number of nitrogens with zero attached hydrogens (tertiary/aromatic N) is 6. The number of hydrogen-bond acceptors (Lipinski definition) is 16. The molecular formula is C29H38F5N7O11. The molecule has 1 saturated heterocycles. The fourth-order valence-electron chi connectivity index (χ4n) is 4.61. The Morgan fingerprint density at radius 3 is 2.02 bits per heavy atom. The molecule has 1 aromatic carbocycles. The molecule has 2 aromatic heterocycles. The van der Waals surface area contributed by atoms with Gasteiger partial charge in [0.15, 0.2) is 6.29 Å². The van der Waals surface area contributed by atoms with Crippen LogP contribution in [0.25, 0.3) is 0 Å². The van der Waals surface area contributed by atoms with Crippen molar-refractivity contribution in [2.45, 2.75) is 62.9 Å². The number of benzene rings is 1. The molecule has 3 heterocycles. The summed E-state index contributed by atoms with van der Waals surface area (Å²) in [4.78, 5) is 11.7. The third kappa shape index (κ3) is 12.1. The molecule has 18 nitrogen and oxygen atoms in total. The van der Waals surface area contributed by atoms with E-state index in [0.717, 1.165) is 0 Å². The molecule has 0 amide bonds. The molecule has 4 rings (SSSR count). The number of aryl methyl sites for hydroxylation is 1. The zero-order chi connectivity index (χ0) is 37.5. The average molecular weight is 756 g/mol. The molecule has 52 heavy (non-hydrogen) atoms. The molecule has 290 valence electrons. The van der Waals surface area contributed by atoms with Crippen molar-refractivity contribution in [1.29, 1.82) is 0 Å². The van der Waals surface area contributed by atoms with Gasteiger partial charge in [0.2, 0.25) is 34.8 Å². The van der Waals surface area contributed by atoms with E-state index in [1.54, 1.807) is 10.9 Å². The summed E-state index contributed by atoms with van der Waals surface area (Å²) in [7, 11) is 0. The molecule has 1 aliphatic rings. The minimum Gasteiger partial charge on any atom is -0.420 e. The molecule has 0 spiro atoms. The van der Waals surface area contributed by atoms with E-state index in [1.165, 1.54) is 0 Å². The molecule has 0 saturated carbocycles. The topological polar surface area (TPSA) is 228 Å². The number of nitrogens with one attached hydrogen (secondary N) is 1. The lowest BCUT2D eigenvalue weighted by Crippen LogP contribution is -2.58. The number of esters is 1. The van der Waals surface area contributed by atoms with Gasteiger partial charge in [-0.15, -0.1) is 10.2 Å². The van der Waals surface area contributed by atoms with Crippen molar-refractivity contribution < 1.29 is 75.2 Å². The zero-order valence-corrected chi connectivity index (χ0v) is 27.5. The van der Waals surface area contributed by atoms with Crippen LogP contribution in [0.2, 0.25) is 0 Å². The average Bonchev–Trinajstić information content (AvgIpc) is 3.84. The highest BCUT2D eigenvalue weighted by molar-refractivity contribution is 5.72. The molecule has 0 unspecified atom stereocenters. The van der Waals surface area contributed by atoms with Crippen LogP contribution in [0.15, 0.2) is 6.20 Å². The maximum Gasteiger partial charge on any atom is 0.313 e. The van der Waals surface area contributed by atoms with Crippen molar-refractivity contribution in [3.05, 3.63) is 46.8 Å². The summed E-state index contributed by atoms with van der Waals surface area (Å²) in [5.41, 5.74) is 0.613. The number of aliphatic hydroxyl groups excluding tert-OH is 3. The highest BCUT2D eigenvalue weighted by Gasteiger charge is 2.44. The van der Waals surface area contributed by atoms with Crippen LogP contribution in [0.4, 0.5) is 22.0 Å². The number of carbonyl (C=O) groups excluding carboxylic acids is 1. The minimum atomic E-state index is -2.36. The highest BCUT2D eigenvalue weighted by atomic mass is 19.2. The van der Waals surface area contributed by atoms with Crippen LogP contribution in [-0.2, 0) is 52.6 Å². The molecule has 0 bridgehead atoms. The summed E-state index contributed by atoms with van der Waals surface area (Å²) in [6.45, 7) is 1.88. The van der Waals surface area contributed by atoms with Crippen LogP contribution < -0.4 is 4.74 Å². The molecule has 5 atom stereocenters. The smallest absolute Gasteiger partial charge is 0.313 e. The zero-order valence-electron chi connectivity index (χ0n) is 27.5. The normalized spacial score (nSPS) is 20.4. The van der Waals surface area contributed by atoms with E-state index in [-0.39, 0.29) is 46.1 Å². The third-order valence-corrected chi connectivity index (χ3v) is 7.37. The van der Waals surface area contributed by atoms with Crippen molar-refractivity contribution >= 4 is 5.97 Å². The van der Waals surface area contributed by atoms with Crippen LogP contribution in [0.5, 0.6) is 5.75 Å². The van der Waals surface area contributed by atoms with E-state index in [2.05, 4.69) is 35.7 Å². The predicted octanol–water partition coefficient (Wildman–Crippen LogP) is -0.452. The number of hydrogen-bond donors (Lipinski definition) is 4. The van der Waals surface area contributed by atoms with Crippen LogP contribution in [-0.4, -0.2) is 147 Å². The number of H-pyrrole nitrogens is 1. The number of halogens is 5. The molecule has 4 N–H and O–H groups in total. The van der Waals surface area contributed by atoms with E-state index in [0.29, 0.717) is 50.7 Å². The van der Waals surface area contributed by atoms with E-state index < -0.39 is 77.9 Å². The molecule has 3 aromatic rings. The third-order valence-electron chi connectivity index (χ3n) is 7.37. The second-order valence-electron chi connectivity index (χ2n) is 11.1. The summed E-state index contributed by atoms with van der Waals surface area (Å²) in [5.74, 6) is -13.8. The molecular weight excluding hydrogens is 717 g/mol. The lowest BCUT2D eigenvalue weighted by atomic mass is 9.96. The Morgan fingerprint density at radius 2 is 1.38 bits per heavy atom. The molecule has 23 heteroatoms. The van der Waals surface area contributed by atoms with Crippen LogP contribution in [0.3, 0.4) is 0 Å². The fraction of sp³-hybridized carbons (Fsp3) is 0.655.